The number of halogens is 2. The van der Waals surface area contributed by atoms with Crippen LogP contribution in [-0.2, 0) is 6.54 Å². The second kappa shape index (κ2) is 8.84. The van der Waals surface area contributed by atoms with E-state index in [1.54, 1.807) is 17.4 Å². The third-order valence-electron chi connectivity index (χ3n) is 4.45. The Labute approximate surface area is 181 Å². The number of aromatic nitrogens is 3. The minimum absolute atomic E-state index is 0.0641. The average Bonchev–Trinajstić information content (AvgIpc) is 3.39. The topological polar surface area (TPSA) is 82.3 Å². The van der Waals surface area contributed by atoms with Crippen LogP contribution in [0.15, 0.2) is 40.9 Å². The Morgan fingerprint density at radius 3 is 2.68 bits per heavy atom. The molecule has 0 radical (unpaired) electrons. The molecule has 10 heteroatoms. The van der Waals surface area contributed by atoms with E-state index in [9.17, 15) is 8.78 Å². The smallest absolute Gasteiger partial charge is 0.387 e. The predicted molar refractivity (Wildman–Crippen MR) is 114 cm³/mol. The molecule has 7 nitrogen and oxygen atoms in total. The van der Waals surface area contributed by atoms with Gasteiger partial charge in [0.25, 0.3) is 0 Å². The normalized spacial score (nSPS) is 11.5. The third-order valence-corrected chi connectivity index (χ3v) is 5.77. The highest BCUT2D eigenvalue weighted by molar-refractivity contribution is 7.18. The molecule has 0 bridgehead atoms. The summed E-state index contributed by atoms with van der Waals surface area (Å²) in [4.78, 5) is 8.99. The zero-order valence-corrected chi connectivity index (χ0v) is 17.9. The van der Waals surface area contributed by atoms with Gasteiger partial charge >= 0.3 is 6.61 Å². The van der Waals surface area contributed by atoms with Crippen molar-refractivity contribution < 1.29 is 22.8 Å². The van der Waals surface area contributed by atoms with Crippen molar-refractivity contribution in [1.29, 1.82) is 0 Å². The van der Waals surface area contributed by atoms with E-state index in [2.05, 4.69) is 39.0 Å². The Bertz CT molecular complexity index is 1190. The molecule has 0 fully saturated rings. The van der Waals surface area contributed by atoms with Crippen LogP contribution in [0.1, 0.15) is 30.7 Å². The van der Waals surface area contributed by atoms with Crippen LogP contribution < -0.4 is 14.8 Å². The zero-order valence-electron chi connectivity index (χ0n) is 17.1. The zero-order chi connectivity index (χ0) is 22.0. The number of hydrogen-bond acceptors (Lipinski definition) is 8. The molecule has 0 spiro atoms. The van der Waals surface area contributed by atoms with Gasteiger partial charge < -0.3 is 19.3 Å². The third kappa shape index (κ3) is 4.74. The fraction of sp³-hybridized carbons (Fsp3) is 0.286. The summed E-state index contributed by atoms with van der Waals surface area (Å²) in [5.74, 6) is 1.18. The summed E-state index contributed by atoms with van der Waals surface area (Å²) in [6.07, 6.45) is 0. The maximum atomic E-state index is 12.5. The van der Waals surface area contributed by atoms with E-state index in [1.807, 2.05) is 18.2 Å². The number of nitrogens with one attached hydrogen (secondary N) is 1. The van der Waals surface area contributed by atoms with Crippen LogP contribution in [0.4, 0.5) is 14.5 Å². The summed E-state index contributed by atoms with van der Waals surface area (Å²) in [6, 6.07) is 10.4. The number of alkyl halides is 2. The molecule has 1 N–H and O–H groups in total. The Hall–Kier alpha value is -3.27. The number of anilines is 1. The van der Waals surface area contributed by atoms with Crippen molar-refractivity contribution in [3.8, 4) is 22.9 Å². The van der Waals surface area contributed by atoms with Gasteiger partial charge in [-0.2, -0.15) is 13.8 Å². The van der Waals surface area contributed by atoms with Gasteiger partial charge in [0.2, 0.25) is 11.7 Å². The van der Waals surface area contributed by atoms with Gasteiger partial charge in [0.1, 0.15) is 0 Å². The van der Waals surface area contributed by atoms with Crippen molar-refractivity contribution >= 4 is 27.2 Å². The molecule has 0 unspecified atom stereocenters. The van der Waals surface area contributed by atoms with Gasteiger partial charge in [0, 0.05) is 17.2 Å². The first-order valence-electron chi connectivity index (χ1n) is 9.53. The number of ether oxygens (including phenoxy) is 2. The van der Waals surface area contributed by atoms with Crippen molar-refractivity contribution in [2.45, 2.75) is 32.9 Å². The van der Waals surface area contributed by atoms with Gasteiger partial charge in [-0.15, -0.1) is 11.3 Å². The predicted octanol–water partition coefficient (Wildman–Crippen LogP) is 5.69. The van der Waals surface area contributed by atoms with E-state index in [-0.39, 0.29) is 11.5 Å². The van der Waals surface area contributed by atoms with Crippen molar-refractivity contribution in [1.82, 2.24) is 15.1 Å². The number of rotatable bonds is 8. The standard InChI is InChI=1S/C21H20F2N4O3S/c1-11(2)20-25-14-6-5-13(9-17(14)31-20)24-10-18-26-19(27-30-18)12-4-7-15(29-21(22)23)16(8-12)28-3/h4-9,11,21,24H,10H2,1-3H3. The molecule has 0 amide bonds. The van der Waals surface area contributed by atoms with E-state index in [1.165, 1.54) is 19.2 Å². The number of hydrogen-bond donors (Lipinski definition) is 1. The molecule has 0 atom stereocenters. The first kappa shape index (κ1) is 21.0. The molecule has 0 aliphatic carbocycles. The fourth-order valence-electron chi connectivity index (χ4n) is 2.92. The van der Waals surface area contributed by atoms with Crippen LogP contribution in [0.2, 0.25) is 0 Å². The molecular formula is C21H20F2N4O3S. The molecule has 0 saturated heterocycles. The lowest BCUT2D eigenvalue weighted by Crippen LogP contribution is -2.03. The lowest BCUT2D eigenvalue weighted by Gasteiger charge is -2.10. The van der Waals surface area contributed by atoms with E-state index in [0.717, 1.165) is 20.9 Å². The Morgan fingerprint density at radius 1 is 1.10 bits per heavy atom. The molecule has 0 aliphatic rings. The maximum absolute atomic E-state index is 12.5. The highest BCUT2D eigenvalue weighted by Crippen LogP contribution is 2.33. The molecule has 2 aromatic heterocycles. The quantitative estimate of drug-likeness (QED) is 0.372. The Morgan fingerprint density at radius 2 is 1.94 bits per heavy atom. The van der Waals surface area contributed by atoms with E-state index < -0.39 is 6.61 Å². The van der Waals surface area contributed by atoms with Gasteiger partial charge in [-0.1, -0.05) is 19.0 Å². The number of thiazole rings is 1. The minimum Gasteiger partial charge on any atom is -0.493 e. The lowest BCUT2D eigenvalue weighted by atomic mass is 10.2. The first-order valence-corrected chi connectivity index (χ1v) is 10.3. The molecule has 31 heavy (non-hydrogen) atoms. The second-order valence-electron chi connectivity index (χ2n) is 7.00. The van der Waals surface area contributed by atoms with Crippen molar-refractivity contribution in [2.75, 3.05) is 12.4 Å². The number of nitrogens with zero attached hydrogens (tertiary/aromatic N) is 3. The highest BCUT2D eigenvalue weighted by atomic mass is 32.1. The summed E-state index contributed by atoms with van der Waals surface area (Å²) >= 11 is 1.68. The van der Waals surface area contributed by atoms with E-state index in [0.29, 0.717) is 29.7 Å². The van der Waals surface area contributed by atoms with E-state index in [4.69, 9.17) is 9.26 Å². The molecule has 2 aromatic carbocycles. The molecule has 162 valence electrons. The first-order chi connectivity index (χ1) is 14.9. The Balaban J connectivity index is 1.46. The van der Waals surface area contributed by atoms with Gasteiger partial charge in [0.05, 0.1) is 28.9 Å². The molecule has 4 rings (SSSR count). The minimum atomic E-state index is -2.94. The number of methoxy groups -OCH3 is 1. The summed E-state index contributed by atoms with van der Waals surface area (Å²) < 4.78 is 40.9. The van der Waals surface area contributed by atoms with Gasteiger partial charge in [0.15, 0.2) is 11.5 Å². The van der Waals surface area contributed by atoms with Crippen molar-refractivity contribution in [2.24, 2.45) is 0 Å². The van der Waals surface area contributed by atoms with Crippen LogP contribution in [0.5, 0.6) is 11.5 Å². The molecule has 2 heterocycles. The van der Waals surface area contributed by atoms with Crippen LogP contribution in [-0.4, -0.2) is 28.8 Å². The molecule has 0 saturated carbocycles. The second-order valence-corrected chi connectivity index (χ2v) is 8.06. The fourth-order valence-corrected chi connectivity index (χ4v) is 3.93. The highest BCUT2D eigenvalue weighted by Gasteiger charge is 2.15. The SMILES string of the molecule is COc1cc(-c2noc(CNc3ccc4nc(C(C)C)sc4c3)n2)ccc1OC(F)F. The Kier molecular flexibility index (Phi) is 5.99. The lowest BCUT2D eigenvalue weighted by molar-refractivity contribution is -0.0512. The summed E-state index contributed by atoms with van der Waals surface area (Å²) in [6.45, 7) is 1.64. The molecule has 4 aromatic rings. The molecular weight excluding hydrogens is 426 g/mol. The van der Waals surface area contributed by atoms with Gasteiger partial charge in [-0.05, 0) is 36.4 Å². The van der Waals surface area contributed by atoms with Crippen LogP contribution in [0.25, 0.3) is 21.6 Å². The van der Waals surface area contributed by atoms with E-state index >= 15 is 0 Å². The van der Waals surface area contributed by atoms with Crippen LogP contribution >= 0.6 is 11.3 Å². The molecule has 0 aliphatic heterocycles. The maximum Gasteiger partial charge on any atom is 0.387 e. The van der Waals surface area contributed by atoms with Crippen molar-refractivity contribution in [3.63, 3.8) is 0 Å². The monoisotopic (exact) mass is 446 g/mol. The van der Waals surface area contributed by atoms with Crippen LogP contribution in [0.3, 0.4) is 0 Å². The summed E-state index contributed by atoms with van der Waals surface area (Å²) in [5.41, 5.74) is 2.45. The number of benzene rings is 2. The van der Waals surface area contributed by atoms with Crippen molar-refractivity contribution in [3.05, 3.63) is 47.3 Å². The largest absolute Gasteiger partial charge is 0.493 e. The average molecular weight is 446 g/mol. The summed E-state index contributed by atoms with van der Waals surface area (Å²) in [5, 5.41) is 8.33. The van der Waals surface area contributed by atoms with Gasteiger partial charge in [-0.3, -0.25) is 0 Å². The number of fused-ring (bicyclic) bond motifs is 1. The summed E-state index contributed by atoms with van der Waals surface area (Å²) in [7, 11) is 1.37. The van der Waals surface area contributed by atoms with Gasteiger partial charge in [-0.25, -0.2) is 4.98 Å². The van der Waals surface area contributed by atoms with Crippen LogP contribution in [0, 0.1) is 0 Å².